The first-order valence-corrected chi connectivity index (χ1v) is 14.6. The predicted octanol–water partition coefficient (Wildman–Crippen LogP) is 6.06. The van der Waals surface area contributed by atoms with Gasteiger partial charge in [0.1, 0.15) is 0 Å². The topological polar surface area (TPSA) is 80.9 Å². The SMILES string of the molecule is CC(C)CCCCCCCSC(O)(SCCCCCCCC(C)C)C(CO)(CO)CO. The summed E-state index contributed by atoms with van der Waals surface area (Å²) in [6.07, 6.45) is 14.3. The molecule has 0 bridgehead atoms. The molecular formula is C25H52O4S2. The van der Waals surface area contributed by atoms with E-state index >= 15 is 0 Å². The second-order valence-electron chi connectivity index (χ2n) is 9.93. The Kier molecular flexibility index (Phi) is 19.2. The van der Waals surface area contributed by atoms with Crippen LogP contribution in [-0.2, 0) is 0 Å². The minimum Gasteiger partial charge on any atom is -0.395 e. The molecule has 0 unspecified atom stereocenters. The Labute approximate surface area is 201 Å². The lowest BCUT2D eigenvalue weighted by Gasteiger charge is -2.43. The number of aliphatic hydroxyl groups is 4. The zero-order valence-corrected chi connectivity index (χ0v) is 22.4. The molecule has 0 heterocycles. The van der Waals surface area contributed by atoms with Crippen molar-refractivity contribution in [1.82, 2.24) is 0 Å². The van der Waals surface area contributed by atoms with Crippen LogP contribution in [0.1, 0.15) is 105 Å². The molecule has 0 saturated heterocycles. The van der Waals surface area contributed by atoms with Gasteiger partial charge in [0, 0.05) is 0 Å². The van der Waals surface area contributed by atoms with E-state index in [4.69, 9.17) is 0 Å². The summed E-state index contributed by atoms with van der Waals surface area (Å²) in [6.45, 7) is 7.76. The third-order valence-electron chi connectivity index (χ3n) is 6.03. The van der Waals surface area contributed by atoms with E-state index in [1.54, 1.807) is 0 Å². The zero-order valence-electron chi connectivity index (χ0n) is 20.8. The smallest absolute Gasteiger partial charge is 0.169 e. The van der Waals surface area contributed by atoms with Gasteiger partial charge in [-0.3, -0.25) is 0 Å². The van der Waals surface area contributed by atoms with E-state index < -0.39 is 29.5 Å². The molecule has 4 N–H and O–H groups in total. The molecule has 0 radical (unpaired) electrons. The molecule has 0 atom stereocenters. The van der Waals surface area contributed by atoms with Crippen molar-refractivity contribution in [3.63, 3.8) is 0 Å². The van der Waals surface area contributed by atoms with Gasteiger partial charge in [-0.2, -0.15) is 0 Å². The number of hydrogen-bond acceptors (Lipinski definition) is 6. The lowest BCUT2D eigenvalue weighted by atomic mass is 9.92. The highest BCUT2D eigenvalue weighted by atomic mass is 32.2. The molecular weight excluding hydrogens is 428 g/mol. The molecule has 0 saturated carbocycles. The molecule has 6 heteroatoms. The number of unbranched alkanes of at least 4 members (excludes halogenated alkanes) is 8. The van der Waals surface area contributed by atoms with Crippen LogP contribution in [0, 0.1) is 17.3 Å². The van der Waals surface area contributed by atoms with Gasteiger partial charge in [-0.15, -0.1) is 23.5 Å². The summed E-state index contributed by atoms with van der Waals surface area (Å²) in [7, 11) is 0. The molecule has 0 aliphatic carbocycles. The van der Waals surface area contributed by atoms with Crippen LogP contribution in [0.3, 0.4) is 0 Å². The Morgan fingerprint density at radius 3 is 1.19 bits per heavy atom. The van der Waals surface area contributed by atoms with Gasteiger partial charge in [-0.1, -0.05) is 91.9 Å². The van der Waals surface area contributed by atoms with Gasteiger partial charge in [0.15, 0.2) is 4.27 Å². The van der Waals surface area contributed by atoms with Crippen molar-refractivity contribution in [2.45, 2.75) is 109 Å². The highest BCUT2D eigenvalue weighted by molar-refractivity contribution is 8.18. The number of aliphatic hydroxyl groups excluding tert-OH is 3. The Bertz CT molecular complexity index is 369. The van der Waals surface area contributed by atoms with Crippen molar-refractivity contribution in [2.75, 3.05) is 31.3 Å². The van der Waals surface area contributed by atoms with Crippen molar-refractivity contribution < 1.29 is 20.4 Å². The van der Waals surface area contributed by atoms with Gasteiger partial charge >= 0.3 is 0 Å². The average molecular weight is 481 g/mol. The molecule has 0 aliphatic rings. The van der Waals surface area contributed by atoms with Crippen LogP contribution in [0.2, 0.25) is 0 Å². The van der Waals surface area contributed by atoms with Crippen molar-refractivity contribution in [3.05, 3.63) is 0 Å². The molecule has 0 spiro atoms. The summed E-state index contributed by atoms with van der Waals surface area (Å²) >= 11 is 2.77. The normalized spacial score (nSPS) is 13.0. The fraction of sp³-hybridized carbons (Fsp3) is 1.00. The monoisotopic (exact) mass is 480 g/mol. The van der Waals surface area contributed by atoms with Gasteiger partial charge < -0.3 is 20.4 Å². The second kappa shape index (κ2) is 18.9. The summed E-state index contributed by atoms with van der Waals surface area (Å²) in [6, 6.07) is 0. The minimum absolute atomic E-state index is 0.430. The zero-order chi connectivity index (χ0) is 23.6. The quantitative estimate of drug-likeness (QED) is 0.111. The van der Waals surface area contributed by atoms with E-state index in [2.05, 4.69) is 27.7 Å². The maximum absolute atomic E-state index is 11.4. The number of thioether (sulfide) groups is 2. The van der Waals surface area contributed by atoms with Crippen LogP contribution in [0.25, 0.3) is 0 Å². The predicted molar refractivity (Wildman–Crippen MR) is 139 cm³/mol. The molecule has 0 aromatic heterocycles. The largest absolute Gasteiger partial charge is 0.395 e. The third kappa shape index (κ3) is 13.7. The lowest BCUT2D eigenvalue weighted by molar-refractivity contribution is -0.0617. The molecule has 188 valence electrons. The molecule has 0 rings (SSSR count). The van der Waals surface area contributed by atoms with Gasteiger partial charge in [0.05, 0.1) is 25.2 Å². The molecule has 0 amide bonds. The standard InChI is InChI=1S/C25H52O4S2/c1-22(2)15-11-7-5-9-13-17-30-25(29,24(19-26,20-27)21-28)31-18-14-10-6-8-12-16-23(3)4/h22-23,26-29H,5-21H2,1-4H3. The molecule has 0 aliphatic heterocycles. The molecule has 4 nitrogen and oxygen atoms in total. The fourth-order valence-corrected chi connectivity index (χ4v) is 6.67. The minimum atomic E-state index is -1.37. The van der Waals surface area contributed by atoms with Gasteiger partial charge in [-0.05, 0) is 36.2 Å². The van der Waals surface area contributed by atoms with Crippen LogP contribution in [0.15, 0.2) is 0 Å². The summed E-state index contributed by atoms with van der Waals surface area (Å²) in [4.78, 5) is 0. The van der Waals surface area contributed by atoms with Crippen LogP contribution in [-0.4, -0.2) is 56.0 Å². The maximum Gasteiger partial charge on any atom is 0.169 e. The first-order chi connectivity index (χ1) is 14.8. The number of hydrogen-bond donors (Lipinski definition) is 4. The van der Waals surface area contributed by atoms with Crippen molar-refractivity contribution >= 4 is 23.5 Å². The van der Waals surface area contributed by atoms with Gasteiger partial charge in [0.2, 0.25) is 0 Å². The highest BCUT2D eigenvalue weighted by Crippen LogP contribution is 2.49. The summed E-state index contributed by atoms with van der Waals surface area (Å²) < 4.78 is -1.37. The third-order valence-corrected chi connectivity index (χ3v) is 9.37. The van der Waals surface area contributed by atoms with Gasteiger partial charge in [-0.25, -0.2) is 0 Å². The summed E-state index contributed by atoms with van der Waals surface area (Å²) in [5.74, 6) is 3.08. The summed E-state index contributed by atoms with van der Waals surface area (Å²) in [5.41, 5.74) is -1.29. The van der Waals surface area contributed by atoms with Crippen LogP contribution >= 0.6 is 23.5 Å². The second-order valence-corrected chi connectivity index (χ2v) is 12.8. The van der Waals surface area contributed by atoms with E-state index in [1.165, 1.54) is 74.9 Å². The van der Waals surface area contributed by atoms with Crippen molar-refractivity contribution in [1.29, 1.82) is 0 Å². The molecule has 0 fully saturated rings. The first kappa shape index (κ1) is 31.5. The van der Waals surface area contributed by atoms with Crippen LogP contribution < -0.4 is 0 Å². The van der Waals surface area contributed by atoms with E-state index in [0.717, 1.165) is 49.0 Å². The first-order valence-electron chi connectivity index (χ1n) is 12.6. The fourth-order valence-electron chi connectivity index (χ4n) is 3.59. The Hall–Kier alpha value is 0.540. The molecule has 0 aromatic rings. The average Bonchev–Trinajstić information content (AvgIpc) is 2.73. The Balaban J connectivity index is 4.40. The van der Waals surface area contributed by atoms with E-state index in [9.17, 15) is 20.4 Å². The van der Waals surface area contributed by atoms with E-state index in [0.29, 0.717) is 0 Å². The van der Waals surface area contributed by atoms with E-state index in [1.807, 2.05) is 0 Å². The van der Waals surface area contributed by atoms with Crippen LogP contribution in [0.5, 0.6) is 0 Å². The Morgan fingerprint density at radius 2 is 0.871 bits per heavy atom. The molecule has 0 aromatic carbocycles. The van der Waals surface area contributed by atoms with E-state index in [-0.39, 0.29) is 0 Å². The van der Waals surface area contributed by atoms with Crippen LogP contribution in [0.4, 0.5) is 0 Å². The maximum atomic E-state index is 11.4. The van der Waals surface area contributed by atoms with Gasteiger partial charge in [0.25, 0.3) is 0 Å². The number of rotatable bonds is 22. The van der Waals surface area contributed by atoms with Crippen molar-refractivity contribution in [2.24, 2.45) is 17.3 Å². The lowest BCUT2D eigenvalue weighted by Crippen LogP contribution is -2.52. The van der Waals surface area contributed by atoms with Crippen molar-refractivity contribution in [3.8, 4) is 0 Å². The highest BCUT2D eigenvalue weighted by Gasteiger charge is 2.50. The Morgan fingerprint density at radius 1 is 0.548 bits per heavy atom. The summed E-state index contributed by atoms with van der Waals surface area (Å²) in [5, 5.41) is 41.1. The molecule has 31 heavy (non-hydrogen) atoms.